The van der Waals surface area contributed by atoms with E-state index < -0.39 is 22.0 Å². The van der Waals surface area contributed by atoms with Crippen molar-refractivity contribution in [2.75, 3.05) is 28.0 Å². The standard InChI is InChI=1S/C19H22ClF2N5O3S/c1-12-16(20)11-15(17(24-12)27-8-3-6-19(21,22)7-9-27)18(28)25-13-4-2-5-14(10-13)26-31(23,29)30/h2,4-5,10-11,26H,3,6-9H2,1H3,(H,25,28)(H2,23,29,30). The lowest BCUT2D eigenvalue weighted by Crippen LogP contribution is -2.29. The van der Waals surface area contributed by atoms with Crippen molar-refractivity contribution in [1.29, 1.82) is 0 Å². The largest absolute Gasteiger partial charge is 0.356 e. The minimum absolute atomic E-state index is 0.0507. The van der Waals surface area contributed by atoms with Crippen LogP contribution in [0, 0.1) is 6.92 Å². The van der Waals surface area contributed by atoms with Gasteiger partial charge in [-0.1, -0.05) is 17.7 Å². The van der Waals surface area contributed by atoms with Crippen molar-refractivity contribution in [2.24, 2.45) is 5.14 Å². The van der Waals surface area contributed by atoms with Gasteiger partial charge in [-0.3, -0.25) is 9.52 Å². The van der Waals surface area contributed by atoms with Gasteiger partial charge in [-0.2, -0.15) is 8.42 Å². The van der Waals surface area contributed by atoms with Gasteiger partial charge in [0.2, 0.25) is 5.92 Å². The van der Waals surface area contributed by atoms with Crippen molar-refractivity contribution in [1.82, 2.24) is 4.98 Å². The maximum Gasteiger partial charge on any atom is 0.296 e. The number of halogens is 3. The zero-order valence-electron chi connectivity index (χ0n) is 16.7. The van der Waals surface area contributed by atoms with E-state index in [9.17, 15) is 22.0 Å². The van der Waals surface area contributed by atoms with E-state index in [4.69, 9.17) is 16.7 Å². The van der Waals surface area contributed by atoms with Crippen molar-refractivity contribution in [3.05, 3.63) is 46.6 Å². The highest BCUT2D eigenvalue weighted by Crippen LogP contribution is 2.32. The number of rotatable bonds is 5. The Hall–Kier alpha value is -2.50. The summed E-state index contributed by atoms with van der Waals surface area (Å²) in [7, 11) is -3.98. The molecule has 1 aromatic heterocycles. The number of aromatic nitrogens is 1. The topological polar surface area (TPSA) is 117 Å². The number of carbonyl (C=O) groups is 1. The molecule has 0 bridgehead atoms. The lowest BCUT2D eigenvalue weighted by atomic mass is 10.1. The number of pyridine rings is 1. The number of nitrogens with one attached hydrogen (secondary N) is 2. The van der Waals surface area contributed by atoms with E-state index in [1.165, 1.54) is 24.3 Å². The van der Waals surface area contributed by atoms with Crippen LogP contribution in [0.4, 0.5) is 26.0 Å². The molecular formula is C19H22ClF2N5O3S. The van der Waals surface area contributed by atoms with Gasteiger partial charge in [-0.05, 0) is 37.6 Å². The first-order valence-electron chi connectivity index (χ1n) is 9.45. The molecule has 2 heterocycles. The molecule has 8 nitrogen and oxygen atoms in total. The van der Waals surface area contributed by atoms with Gasteiger partial charge in [0.25, 0.3) is 16.1 Å². The highest BCUT2D eigenvalue weighted by Gasteiger charge is 2.33. The van der Waals surface area contributed by atoms with Crippen molar-refractivity contribution in [3.8, 4) is 0 Å². The van der Waals surface area contributed by atoms with E-state index in [1.54, 1.807) is 17.9 Å². The molecule has 0 saturated carbocycles. The lowest BCUT2D eigenvalue weighted by molar-refractivity contribution is -0.0102. The summed E-state index contributed by atoms with van der Waals surface area (Å²) in [6.45, 7) is 2.05. The van der Waals surface area contributed by atoms with E-state index in [2.05, 4.69) is 15.0 Å². The third-order valence-electron chi connectivity index (χ3n) is 4.77. The number of anilines is 3. The lowest BCUT2D eigenvalue weighted by Gasteiger charge is -2.24. The smallest absolute Gasteiger partial charge is 0.296 e. The average Bonchev–Trinajstić information content (AvgIpc) is 2.83. The number of nitrogens with zero attached hydrogens (tertiary/aromatic N) is 2. The molecule has 31 heavy (non-hydrogen) atoms. The van der Waals surface area contributed by atoms with Crippen LogP contribution in [-0.2, 0) is 10.2 Å². The number of amides is 1. The second kappa shape index (κ2) is 8.93. The Bertz CT molecular complexity index is 1100. The first kappa shape index (κ1) is 23.2. The minimum Gasteiger partial charge on any atom is -0.356 e. The fourth-order valence-electron chi connectivity index (χ4n) is 3.28. The van der Waals surface area contributed by atoms with Gasteiger partial charge < -0.3 is 10.2 Å². The third-order valence-corrected chi connectivity index (χ3v) is 5.68. The summed E-state index contributed by atoms with van der Waals surface area (Å²) in [6, 6.07) is 7.39. The quantitative estimate of drug-likeness (QED) is 0.614. The number of alkyl halides is 2. The molecule has 0 radical (unpaired) electrons. The number of aryl methyl sites for hydroxylation is 1. The Kier molecular flexibility index (Phi) is 6.68. The van der Waals surface area contributed by atoms with Gasteiger partial charge in [0, 0.05) is 31.6 Å². The summed E-state index contributed by atoms with van der Waals surface area (Å²) >= 11 is 6.18. The van der Waals surface area contributed by atoms with Gasteiger partial charge >= 0.3 is 0 Å². The monoisotopic (exact) mass is 473 g/mol. The molecule has 1 aromatic carbocycles. The molecule has 4 N–H and O–H groups in total. The molecular weight excluding hydrogens is 452 g/mol. The van der Waals surface area contributed by atoms with Gasteiger partial charge in [0.05, 0.1) is 22.0 Å². The molecule has 1 fully saturated rings. The van der Waals surface area contributed by atoms with Gasteiger partial charge in [-0.25, -0.2) is 18.9 Å². The maximum atomic E-state index is 13.8. The number of benzene rings is 1. The normalized spacial score (nSPS) is 16.5. The Labute approximate surface area is 184 Å². The molecule has 1 aliphatic heterocycles. The average molecular weight is 474 g/mol. The molecule has 1 aliphatic rings. The van der Waals surface area contributed by atoms with Gasteiger partial charge in [0.1, 0.15) is 5.82 Å². The summed E-state index contributed by atoms with van der Waals surface area (Å²) in [5.41, 5.74) is 1.06. The Morgan fingerprint density at radius 2 is 1.94 bits per heavy atom. The molecule has 0 spiro atoms. The van der Waals surface area contributed by atoms with Crippen molar-refractivity contribution in [3.63, 3.8) is 0 Å². The van der Waals surface area contributed by atoms with Crippen molar-refractivity contribution >= 4 is 44.9 Å². The molecule has 2 aromatic rings. The van der Waals surface area contributed by atoms with Gasteiger partial charge in [-0.15, -0.1) is 0 Å². The fourth-order valence-corrected chi connectivity index (χ4v) is 3.88. The highest BCUT2D eigenvalue weighted by atomic mass is 35.5. The molecule has 1 saturated heterocycles. The molecule has 168 valence electrons. The summed E-state index contributed by atoms with van der Waals surface area (Å²) in [4.78, 5) is 19.1. The SMILES string of the molecule is Cc1nc(N2CCCC(F)(F)CC2)c(C(=O)Nc2cccc(NS(N)(=O)=O)c2)cc1Cl. The van der Waals surface area contributed by atoms with E-state index in [1.807, 2.05) is 0 Å². The molecule has 3 rings (SSSR count). The Morgan fingerprint density at radius 3 is 2.65 bits per heavy atom. The van der Waals surface area contributed by atoms with Crippen LogP contribution in [0.2, 0.25) is 5.02 Å². The first-order chi connectivity index (χ1) is 14.4. The highest BCUT2D eigenvalue weighted by molar-refractivity contribution is 7.90. The summed E-state index contributed by atoms with van der Waals surface area (Å²) in [6.07, 6.45) is -0.293. The predicted octanol–water partition coefficient (Wildman–Crippen LogP) is 3.54. The van der Waals surface area contributed by atoms with Crippen LogP contribution in [0.15, 0.2) is 30.3 Å². The van der Waals surface area contributed by atoms with Crippen molar-refractivity contribution < 1.29 is 22.0 Å². The second-order valence-corrected chi connectivity index (χ2v) is 9.01. The van der Waals surface area contributed by atoms with E-state index in [-0.39, 0.29) is 47.9 Å². The fraction of sp³-hybridized carbons (Fsp3) is 0.368. The van der Waals surface area contributed by atoms with Crippen LogP contribution in [0.5, 0.6) is 0 Å². The summed E-state index contributed by atoms with van der Waals surface area (Å²) in [5.74, 6) is -3.04. The van der Waals surface area contributed by atoms with Crippen LogP contribution >= 0.6 is 11.6 Å². The van der Waals surface area contributed by atoms with E-state index >= 15 is 0 Å². The van der Waals surface area contributed by atoms with Crippen LogP contribution in [0.3, 0.4) is 0 Å². The summed E-state index contributed by atoms with van der Waals surface area (Å²) in [5, 5.41) is 7.88. The van der Waals surface area contributed by atoms with Crippen LogP contribution < -0.4 is 20.1 Å². The molecule has 0 atom stereocenters. The number of hydrogen-bond acceptors (Lipinski definition) is 5. The van der Waals surface area contributed by atoms with Crippen LogP contribution in [0.25, 0.3) is 0 Å². The zero-order valence-corrected chi connectivity index (χ0v) is 18.2. The molecule has 0 aliphatic carbocycles. The van der Waals surface area contributed by atoms with Crippen LogP contribution in [0.1, 0.15) is 35.3 Å². The predicted molar refractivity (Wildman–Crippen MR) is 116 cm³/mol. The van der Waals surface area contributed by atoms with Gasteiger partial charge in [0.15, 0.2) is 0 Å². The summed E-state index contributed by atoms with van der Waals surface area (Å²) < 4.78 is 52.1. The minimum atomic E-state index is -3.98. The molecule has 1 amide bonds. The second-order valence-electron chi connectivity index (χ2n) is 7.31. The zero-order chi connectivity index (χ0) is 22.8. The van der Waals surface area contributed by atoms with E-state index in [0.29, 0.717) is 17.9 Å². The van der Waals surface area contributed by atoms with E-state index in [0.717, 1.165) is 0 Å². The maximum absolute atomic E-state index is 13.8. The van der Waals surface area contributed by atoms with Crippen LogP contribution in [-0.4, -0.2) is 38.3 Å². The molecule has 12 heteroatoms. The first-order valence-corrected chi connectivity index (χ1v) is 11.4. The number of nitrogens with two attached hydrogens (primary N) is 1. The molecule has 0 unspecified atom stereocenters. The Morgan fingerprint density at radius 1 is 1.23 bits per heavy atom. The number of hydrogen-bond donors (Lipinski definition) is 3. The Balaban J connectivity index is 1.89. The van der Waals surface area contributed by atoms with Crippen molar-refractivity contribution in [2.45, 2.75) is 32.1 Å². The third kappa shape index (κ3) is 6.25. The number of carbonyl (C=O) groups excluding carboxylic acids is 1.